The van der Waals surface area contributed by atoms with E-state index in [1.165, 1.54) is 7.05 Å². The van der Waals surface area contributed by atoms with Crippen LogP contribution in [0.15, 0.2) is 0 Å². The summed E-state index contributed by atoms with van der Waals surface area (Å²) in [5, 5.41) is 0. The lowest BCUT2D eigenvalue weighted by molar-refractivity contribution is 0.199. The van der Waals surface area contributed by atoms with E-state index in [0.29, 0.717) is 4.89 Å². The molecule has 0 aromatic rings. The fraction of sp³-hybridized carbons (Fsp3) is 1.00. The van der Waals surface area contributed by atoms with Crippen LogP contribution in [0.25, 0.3) is 0 Å². The molecular formula is CH5FNP. The van der Waals surface area contributed by atoms with Gasteiger partial charge < -0.3 is 0 Å². The number of hydrogen-bond donors (Lipinski definition) is 0. The van der Waals surface area contributed by atoms with E-state index in [9.17, 15) is 4.48 Å². The molecule has 0 saturated heterocycles. The molecule has 26 valence electrons. The zero-order valence-corrected chi connectivity index (χ0v) is 3.56. The van der Waals surface area contributed by atoms with E-state index in [1.54, 1.807) is 0 Å². The highest BCUT2D eigenvalue weighted by Gasteiger charge is 1.64. The van der Waals surface area contributed by atoms with Crippen LogP contribution in [0.1, 0.15) is 0 Å². The second-order valence-electron chi connectivity index (χ2n) is 0.525. The Kier molecular flexibility index (Phi) is 1.75. The molecule has 1 unspecified atom stereocenters. The first kappa shape index (κ1) is 4.32. The molecule has 0 aliphatic heterocycles. The van der Waals surface area contributed by atoms with Crippen molar-refractivity contribution in [3.05, 3.63) is 0 Å². The molecule has 0 fully saturated rings. The minimum Gasteiger partial charge on any atom is -0.135 e. The van der Waals surface area contributed by atoms with Gasteiger partial charge in [0.05, 0.1) is 0 Å². The fourth-order valence-corrected chi connectivity index (χ4v) is 0. The smallest absolute Gasteiger partial charge is 0.0211 e. The van der Waals surface area contributed by atoms with Crippen LogP contribution in [0.2, 0.25) is 0 Å². The normalized spacial score (nSPS) is 9.00. The maximum Gasteiger partial charge on any atom is 0.0211 e. The minimum atomic E-state index is 0.417. The Bertz CT molecular complexity index is 12.8. The molecule has 1 nitrogen and oxygen atoms in total. The Balaban J connectivity index is 2.32. The van der Waals surface area contributed by atoms with Crippen LogP contribution >= 0.6 is 9.39 Å². The quantitative estimate of drug-likeness (QED) is 0.305. The minimum absolute atomic E-state index is 0.417. The Morgan fingerprint density at radius 3 is 2.00 bits per heavy atom. The van der Waals surface area contributed by atoms with E-state index in [-0.39, 0.29) is 0 Å². The van der Waals surface area contributed by atoms with Gasteiger partial charge in [-0.25, -0.2) is 0 Å². The molecule has 0 radical (unpaired) electrons. The molecule has 1 atom stereocenters. The van der Waals surface area contributed by atoms with E-state index in [2.05, 4.69) is 0 Å². The molecule has 0 N–H and O–H groups in total. The number of halogens is 1. The molecule has 0 rings (SSSR count). The van der Waals surface area contributed by atoms with Crippen molar-refractivity contribution in [2.45, 2.75) is 0 Å². The lowest BCUT2D eigenvalue weighted by Crippen LogP contribution is -1.78. The SMILES string of the molecule is CN(F)P. The molecular weight excluding hydrogens is 76.0 g/mol. The Morgan fingerprint density at radius 1 is 2.00 bits per heavy atom. The zero-order chi connectivity index (χ0) is 3.58. The van der Waals surface area contributed by atoms with E-state index in [4.69, 9.17) is 0 Å². The first-order valence-electron chi connectivity index (χ1n) is 0.874. The molecule has 0 saturated carbocycles. The monoisotopic (exact) mass is 81.0 g/mol. The lowest BCUT2D eigenvalue weighted by atomic mass is 11.6. The Hall–Kier alpha value is 0.320. The summed E-state index contributed by atoms with van der Waals surface area (Å²) in [4.78, 5) is 0.417. The van der Waals surface area contributed by atoms with Crippen LogP contribution in [0.4, 0.5) is 4.48 Å². The molecule has 0 aliphatic rings. The molecule has 4 heavy (non-hydrogen) atoms. The van der Waals surface area contributed by atoms with Gasteiger partial charge in [0, 0.05) is 7.05 Å². The average molecular weight is 81.0 g/mol. The lowest BCUT2D eigenvalue weighted by Gasteiger charge is -1.82. The average Bonchev–Trinajstić information content (AvgIpc) is 0.811. The number of hydrogen-bond acceptors (Lipinski definition) is 1. The van der Waals surface area contributed by atoms with E-state index >= 15 is 0 Å². The van der Waals surface area contributed by atoms with Crippen LogP contribution in [-0.2, 0) is 0 Å². The van der Waals surface area contributed by atoms with Gasteiger partial charge in [-0.15, -0.1) is 9.37 Å². The zero-order valence-electron chi connectivity index (χ0n) is 2.40. The second-order valence-corrected chi connectivity index (χ2v) is 1.24. The van der Waals surface area contributed by atoms with Crippen molar-refractivity contribution in [1.82, 2.24) is 4.89 Å². The number of rotatable bonds is 0. The van der Waals surface area contributed by atoms with E-state index in [1.807, 2.05) is 9.39 Å². The van der Waals surface area contributed by atoms with Crippen molar-refractivity contribution < 1.29 is 4.48 Å². The molecule has 0 aromatic heterocycles. The summed E-state index contributed by atoms with van der Waals surface area (Å²) >= 11 is 0. The van der Waals surface area contributed by atoms with Crippen molar-refractivity contribution in [1.29, 1.82) is 0 Å². The third kappa shape index (κ3) is 39.5. The van der Waals surface area contributed by atoms with Gasteiger partial charge in [0.2, 0.25) is 0 Å². The van der Waals surface area contributed by atoms with Crippen molar-refractivity contribution in [2.75, 3.05) is 7.05 Å². The summed E-state index contributed by atoms with van der Waals surface area (Å²) in [7, 11) is 3.12. The van der Waals surface area contributed by atoms with Crippen LogP contribution in [0.3, 0.4) is 0 Å². The predicted octanol–water partition coefficient (Wildman–Crippen LogP) is 0.593. The van der Waals surface area contributed by atoms with Crippen LogP contribution in [-0.4, -0.2) is 11.9 Å². The topological polar surface area (TPSA) is 3.24 Å². The Labute approximate surface area is 27.0 Å². The van der Waals surface area contributed by atoms with E-state index < -0.39 is 0 Å². The van der Waals surface area contributed by atoms with Crippen LogP contribution < -0.4 is 0 Å². The van der Waals surface area contributed by atoms with Gasteiger partial charge in [-0.3, -0.25) is 0 Å². The van der Waals surface area contributed by atoms with E-state index in [0.717, 1.165) is 0 Å². The standard InChI is InChI=1S/CH5FNP/c1-3(2)4/h4H2,1H3. The van der Waals surface area contributed by atoms with Gasteiger partial charge in [-0.2, -0.15) is 0 Å². The van der Waals surface area contributed by atoms with Gasteiger partial charge >= 0.3 is 0 Å². The first-order chi connectivity index (χ1) is 1.73. The highest BCUT2D eigenvalue weighted by molar-refractivity contribution is 7.12. The molecule has 3 heteroatoms. The fourth-order valence-electron chi connectivity index (χ4n) is 0. The summed E-state index contributed by atoms with van der Waals surface area (Å²) in [6.45, 7) is 0. The van der Waals surface area contributed by atoms with Crippen molar-refractivity contribution in [3.63, 3.8) is 0 Å². The van der Waals surface area contributed by atoms with Gasteiger partial charge in [0.15, 0.2) is 0 Å². The van der Waals surface area contributed by atoms with Gasteiger partial charge in [-0.1, -0.05) is 0 Å². The molecule has 0 aliphatic carbocycles. The third-order valence-corrected chi connectivity index (χ3v) is 0. The maximum atomic E-state index is 10.8. The largest absolute Gasteiger partial charge is 0.135 e. The van der Waals surface area contributed by atoms with Crippen LogP contribution in [0, 0.1) is 0 Å². The van der Waals surface area contributed by atoms with Crippen LogP contribution in [0.5, 0.6) is 0 Å². The molecule has 0 spiro atoms. The predicted molar refractivity (Wildman–Crippen MR) is 18.6 cm³/mol. The highest BCUT2D eigenvalue weighted by Crippen LogP contribution is 1.86. The van der Waals surface area contributed by atoms with Crippen molar-refractivity contribution in [2.24, 2.45) is 0 Å². The molecule has 0 amide bonds. The van der Waals surface area contributed by atoms with Crippen molar-refractivity contribution >= 4 is 9.39 Å². The second kappa shape index (κ2) is 1.62. The first-order valence-corrected chi connectivity index (χ1v) is 1.39. The van der Waals surface area contributed by atoms with Gasteiger partial charge in [-0.05, 0) is 9.39 Å². The van der Waals surface area contributed by atoms with Gasteiger partial charge in [0.25, 0.3) is 0 Å². The highest BCUT2D eigenvalue weighted by atomic mass is 31.0. The number of nitrogens with zero attached hydrogens (tertiary/aromatic N) is 1. The maximum absolute atomic E-state index is 10.8. The summed E-state index contributed by atoms with van der Waals surface area (Å²) in [6.07, 6.45) is 0. The third-order valence-electron chi connectivity index (χ3n) is 0. The van der Waals surface area contributed by atoms with Crippen molar-refractivity contribution in [3.8, 4) is 0 Å². The summed E-state index contributed by atoms with van der Waals surface area (Å²) < 4.78 is 10.8. The van der Waals surface area contributed by atoms with Gasteiger partial charge in [0.1, 0.15) is 0 Å². The molecule has 0 heterocycles. The Morgan fingerprint density at radius 2 is 2.00 bits per heavy atom. The molecule has 0 bridgehead atoms. The summed E-state index contributed by atoms with van der Waals surface area (Å²) in [6, 6.07) is 0. The summed E-state index contributed by atoms with van der Waals surface area (Å²) in [5.74, 6) is 0. The molecule has 0 aromatic carbocycles. The summed E-state index contributed by atoms with van der Waals surface area (Å²) in [5.41, 5.74) is 0.